The van der Waals surface area contributed by atoms with Gasteiger partial charge in [0.15, 0.2) is 0 Å². The molecule has 0 aliphatic rings. The van der Waals surface area contributed by atoms with E-state index in [2.05, 4.69) is 50.5 Å². The lowest BCUT2D eigenvalue weighted by molar-refractivity contribution is -0.188. The maximum Gasteiger partial charge on any atom is 0.204 e. The molecule has 0 saturated carbocycles. The molecule has 0 unspecified atom stereocenters. The first-order valence-corrected chi connectivity index (χ1v) is 17.9. The number of halogens is 4. The molecule has 6 aromatic rings. The summed E-state index contributed by atoms with van der Waals surface area (Å²) in [5.41, 5.74) is 5.90. The lowest BCUT2D eigenvalue weighted by Gasteiger charge is -2.08. The van der Waals surface area contributed by atoms with Crippen molar-refractivity contribution in [1.29, 1.82) is 0 Å². The standard InChI is InChI=1S/2C17H17Cl2N5.C2H2O4/c2*1-2-15-16(19)17(22-11-21-15)20-8-7-12-9-23-24(10-12)14-5-3-13(18)4-6-14;3-5-1-2-6-4/h2*3-6,9-11H,2,7-8H2,1H3,(H,20,21,22);3-4H. The van der Waals surface area contributed by atoms with Crippen LogP contribution in [0.1, 0.15) is 36.4 Å². The first kappa shape index (κ1) is 41.6. The molecule has 6 rings (SSSR count). The Morgan fingerprint density at radius 3 is 1.35 bits per heavy atom. The number of hydrogen-bond donors (Lipinski definition) is 4. The van der Waals surface area contributed by atoms with Gasteiger partial charge in [0.05, 0.1) is 35.2 Å². The van der Waals surface area contributed by atoms with Crippen molar-refractivity contribution in [2.75, 3.05) is 23.7 Å². The highest BCUT2D eigenvalue weighted by molar-refractivity contribution is 6.34. The number of nitrogens with zero attached hydrogens (tertiary/aromatic N) is 8. The van der Waals surface area contributed by atoms with Gasteiger partial charge in [-0.05, 0) is 85.3 Å². The van der Waals surface area contributed by atoms with Gasteiger partial charge in [0.25, 0.3) is 0 Å². The molecule has 54 heavy (non-hydrogen) atoms. The van der Waals surface area contributed by atoms with Crippen molar-refractivity contribution in [3.8, 4) is 23.6 Å². The molecule has 0 atom stereocenters. The molecule has 0 amide bonds. The van der Waals surface area contributed by atoms with Gasteiger partial charge in [-0.1, -0.05) is 60.3 Å². The number of aromatic nitrogens is 8. The summed E-state index contributed by atoms with van der Waals surface area (Å²) < 4.78 is 3.66. The molecular weight excluding hydrogens is 778 g/mol. The van der Waals surface area contributed by atoms with Crippen molar-refractivity contribution in [3.63, 3.8) is 0 Å². The zero-order chi connectivity index (χ0) is 38.7. The predicted octanol–water partition coefficient (Wildman–Crippen LogP) is 8.26. The minimum absolute atomic E-state index is 0.594. The van der Waals surface area contributed by atoms with Crippen molar-refractivity contribution in [2.45, 2.75) is 39.5 Å². The van der Waals surface area contributed by atoms with Crippen LogP contribution in [0.4, 0.5) is 11.6 Å². The highest BCUT2D eigenvalue weighted by Gasteiger charge is 2.09. The second-order valence-corrected chi connectivity index (χ2v) is 12.6. The third-order valence-electron chi connectivity index (χ3n) is 7.39. The molecule has 14 nitrogen and oxygen atoms in total. The Morgan fingerprint density at radius 1 is 0.611 bits per heavy atom. The van der Waals surface area contributed by atoms with Crippen molar-refractivity contribution in [2.24, 2.45) is 0 Å². The van der Waals surface area contributed by atoms with E-state index in [1.54, 1.807) is 0 Å². The summed E-state index contributed by atoms with van der Waals surface area (Å²) >= 11 is 24.4. The molecular formula is C36H36Cl4N10O4. The second kappa shape index (κ2) is 22.2. The Balaban J connectivity index is 0.000000209. The van der Waals surface area contributed by atoms with Crippen LogP contribution in [0.2, 0.25) is 20.1 Å². The molecule has 0 spiro atoms. The normalized spacial score (nSPS) is 10.1. The van der Waals surface area contributed by atoms with E-state index in [0.29, 0.717) is 44.8 Å². The highest BCUT2D eigenvalue weighted by Crippen LogP contribution is 2.23. The largest absolute Gasteiger partial charge is 0.368 e. The minimum Gasteiger partial charge on any atom is -0.368 e. The molecule has 18 heteroatoms. The number of rotatable bonds is 12. The Hall–Kier alpha value is -5.14. The van der Waals surface area contributed by atoms with E-state index in [1.807, 2.05) is 96.5 Å². The molecule has 0 bridgehead atoms. The lowest BCUT2D eigenvalue weighted by atomic mass is 10.2. The average molecular weight is 815 g/mol. The van der Waals surface area contributed by atoms with E-state index in [-0.39, 0.29) is 0 Å². The fourth-order valence-electron chi connectivity index (χ4n) is 4.69. The Morgan fingerprint density at radius 2 is 1.00 bits per heavy atom. The molecule has 4 aromatic heterocycles. The van der Waals surface area contributed by atoms with Gasteiger partial charge in [-0.3, -0.25) is 9.78 Å². The number of benzene rings is 2. The van der Waals surface area contributed by atoms with E-state index >= 15 is 0 Å². The quantitative estimate of drug-likeness (QED) is 0.0531. The summed E-state index contributed by atoms with van der Waals surface area (Å²) in [5, 5.41) is 32.5. The molecule has 4 heterocycles. The highest BCUT2D eigenvalue weighted by atomic mass is 35.5. The summed E-state index contributed by atoms with van der Waals surface area (Å²) in [6.07, 6.45) is 17.0. The fourth-order valence-corrected chi connectivity index (χ4v) is 5.54. The maximum atomic E-state index is 7.33. The Bertz CT molecular complexity index is 1960. The summed E-state index contributed by atoms with van der Waals surface area (Å²) in [5.74, 6) is 1.35. The molecule has 0 saturated heterocycles. The lowest BCUT2D eigenvalue weighted by Crippen LogP contribution is -2.08. The van der Waals surface area contributed by atoms with Crippen LogP contribution < -0.4 is 10.6 Å². The van der Waals surface area contributed by atoms with Crippen LogP contribution in [0.25, 0.3) is 11.4 Å². The van der Waals surface area contributed by atoms with E-state index in [9.17, 15) is 0 Å². The Labute approximate surface area is 331 Å². The van der Waals surface area contributed by atoms with Crippen LogP contribution in [-0.4, -0.2) is 63.1 Å². The third kappa shape index (κ3) is 12.8. The van der Waals surface area contributed by atoms with E-state index in [0.717, 1.165) is 59.6 Å². The van der Waals surface area contributed by atoms with Crippen molar-refractivity contribution in [3.05, 3.63) is 129 Å². The second-order valence-electron chi connectivity index (χ2n) is 11.0. The Kier molecular flexibility index (Phi) is 17.1. The average Bonchev–Trinajstić information content (AvgIpc) is 3.87. The van der Waals surface area contributed by atoms with Crippen molar-refractivity contribution >= 4 is 58.0 Å². The molecule has 0 aliphatic heterocycles. The van der Waals surface area contributed by atoms with E-state index in [1.165, 1.54) is 24.9 Å². The number of hydrogen-bond acceptors (Lipinski definition) is 12. The van der Waals surface area contributed by atoms with Gasteiger partial charge in [-0.2, -0.15) is 20.7 Å². The topological polar surface area (TPSA) is 170 Å². The van der Waals surface area contributed by atoms with Crippen molar-refractivity contribution in [1.82, 2.24) is 39.5 Å². The van der Waals surface area contributed by atoms with Crippen LogP contribution in [-0.2, 0) is 35.5 Å². The smallest absolute Gasteiger partial charge is 0.204 e. The van der Waals surface area contributed by atoms with Crippen molar-refractivity contribution < 1.29 is 20.3 Å². The fraction of sp³-hybridized carbons (Fsp3) is 0.222. The number of aryl methyl sites for hydroxylation is 2. The van der Waals surface area contributed by atoms with Gasteiger partial charge in [0, 0.05) is 35.5 Å². The monoisotopic (exact) mass is 812 g/mol. The number of anilines is 2. The van der Waals surface area contributed by atoms with Gasteiger partial charge < -0.3 is 10.6 Å². The van der Waals surface area contributed by atoms with Crippen LogP contribution in [0, 0.1) is 12.2 Å². The minimum atomic E-state index is 0.594. The van der Waals surface area contributed by atoms with Gasteiger partial charge in [0.2, 0.25) is 12.2 Å². The van der Waals surface area contributed by atoms with Gasteiger partial charge >= 0.3 is 0 Å². The summed E-state index contributed by atoms with van der Waals surface area (Å²) in [7, 11) is 0. The molecule has 4 N–H and O–H groups in total. The zero-order valence-corrected chi connectivity index (χ0v) is 32.1. The predicted molar refractivity (Wildman–Crippen MR) is 210 cm³/mol. The van der Waals surface area contributed by atoms with Gasteiger partial charge in [0.1, 0.15) is 34.3 Å². The first-order valence-electron chi connectivity index (χ1n) is 16.4. The third-order valence-corrected chi connectivity index (χ3v) is 8.69. The van der Waals surface area contributed by atoms with E-state index in [4.69, 9.17) is 56.9 Å². The molecule has 0 fully saturated rings. The number of nitrogens with one attached hydrogen (secondary N) is 2. The van der Waals surface area contributed by atoms with Crippen LogP contribution in [0.5, 0.6) is 0 Å². The zero-order valence-electron chi connectivity index (χ0n) is 29.1. The van der Waals surface area contributed by atoms with E-state index < -0.39 is 0 Å². The summed E-state index contributed by atoms with van der Waals surface area (Å²) in [6.45, 7) is 5.46. The van der Waals surface area contributed by atoms with Gasteiger partial charge in [-0.15, -0.1) is 0 Å². The maximum absolute atomic E-state index is 7.33. The molecule has 282 valence electrons. The van der Waals surface area contributed by atoms with Crippen LogP contribution in [0.3, 0.4) is 0 Å². The van der Waals surface area contributed by atoms with Crippen LogP contribution in [0.15, 0.2) is 86.0 Å². The molecule has 0 aliphatic carbocycles. The SMILES string of the molecule is CCc1ncnc(NCCc2cnn(-c3ccc(Cl)cc3)c2)c1Cl.CCc1ncnc(NCCc2cnn(-c3ccc(Cl)cc3)c2)c1Cl.OOC#COO. The first-order chi connectivity index (χ1) is 26.3. The summed E-state index contributed by atoms with van der Waals surface area (Å²) in [6, 6.07) is 15.1. The van der Waals surface area contributed by atoms with Gasteiger partial charge in [-0.25, -0.2) is 29.3 Å². The summed E-state index contributed by atoms with van der Waals surface area (Å²) in [4.78, 5) is 23.0. The molecule has 2 aromatic carbocycles. The molecule has 0 radical (unpaired) electrons. The van der Waals surface area contributed by atoms with Crippen LogP contribution >= 0.6 is 46.4 Å².